The van der Waals surface area contributed by atoms with Gasteiger partial charge in [0, 0.05) is 32.9 Å². The summed E-state index contributed by atoms with van der Waals surface area (Å²) in [5.74, 6) is -1.07. The topological polar surface area (TPSA) is 91.8 Å². The molecule has 7 nitrogen and oxygen atoms in total. The molecule has 114 valence electrons. The molecule has 2 amide bonds. The minimum absolute atomic E-state index is 0.0134. The molecule has 0 saturated carbocycles. The number of likely N-dealkylation sites (N-methyl/N-ethyl adjacent to an activating group) is 1. The number of aromatic carboxylic acids is 1. The van der Waals surface area contributed by atoms with E-state index in [0.717, 1.165) is 25.0 Å². The maximum Gasteiger partial charge on any atom is 0.354 e. The Labute approximate surface area is 122 Å². The van der Waals surface area contributed by atoms with Crippen LogP contribution in [0.5, 0.6) is 0 Å². The fraction of sp³-hybridized carbons (Fsp3) is 0.500. The van der Waals surface area contributed by atoms with Gasteiger partial charge in [-0.2, -0.15) is 0 Å². The molecular weight excluding hydrogens is 274 g/mol. The highest BCUT2D eigenvalue weighted by Crippen LogP contribution is 2.12. The minimum Gasteiger partial charge on any atom is -0.477 e. The maximum atomic E-state index is 11.9. The molecule has 2 N–H and O–H groups in total. The number of carboxylic acid groups (broad SMARTS) is 1. The zero-order chi connectivity index (χ0) is 15.2. The lowest BCUT2D eigenvalue weighted by Crippen LogP contribution is -2.40. The van der Waals surface area contributed by atoms with Crippen molar-refractivity contribution in [3.63, 3.8) is 0 Å². The lowest BCUT2D eigenvalue weighted by atomic mass is 10.2. The number of pyridine rings is 1. The van der Waals surface area contributed by atoms with Crippen LogP contribution in [-0.2, 0) is 11.3 Å². The summed E-state index contributed by atoms with van der Waals surface area (Å²) in [4.78, 5) is 28.0. The van der Waals surface area contributed by atoms with Crippen molar-refractivity contribution in [3.8, 4) is 0 Å². The van der Waals surface area contributed by atoms with Gasteiger partial charge in [0.2, 0.25) is 0 Å². The first-order chi connectivity index (χ1) is 10.1. The number of ether oxygens (including phenoxy) is 1. The van der Waals surface area contributed by atoms with Gasteiger partial charge in [0.25, 0.3) is 0 Å². The molecule has 0 spiro atoms. The van der Waals surface area contributed by atoms with Crippen LogP contribution in [0.1, 0.15) is 28.9 Å². The van der Waals surface area contributed by atoms with E-state index in [2.05, 4.69) is 10.3 Å². The van der Waals surface area contributed by atoms with E-state index >= 15 is 0 Å². The van der Waals surface area contributed by atoms with Gasteiger partial charge in [0.05, 0.1) is 6.10 Å². The molecule has 0 bridgehead atoms. The number of nitrogens with zero attached hydrogens (tertiary/aromatic N) is 2. The van der Waals surface area contributed by atoms with Crippen LogP contribution in [0.3, 0.4) is 0 Å². The summed E-state index contributed by atoms with van der Waals surface area (Å²) < 4.78 is 5.48. The summed E-state index contributed by atoms with van der Waals surface area (Å²) in [6.07, 6.45) is 3.60. The van der Waals surface area contributed by atoms with Crippen molar-refractivity contribution >= 4 is 12.0 Å². The predicted octanol–water partition coefficient (Wildman–Crippen LogP) is 1.10. The average Bonchev–Trinajstić information content (AvgIpc) is 2.98. The van der Waals surface area contributed by atoms with Crippen LogP contribution in [0.15, 0.2) is 18.3 Å². The Morgan fingerprint density at radius 3 is 2.90 bits per heavy atom. The van der Waals surface area contributed by atoms with Crippen LogP contribution < -0.4 is 5.32 Å². The van der Waals surface area contributed by atoms with Gasteiger partial charge in [-0.25, -0.2) is 14.6 Å². The van der Waals surface area contributed by atoms with Gasteiger partial charge >= 0.3 is 12.0 Å². The Morgan fingerprint density at radius 2 is 2.33 bits per heavy atom. The first kappa shape index (κ1) is 15.2. The molecule has 1 unspecified atom stereocenters. The number of amides is 2. The van der Waals surface area contributed by atoms with Crippen molar-refractivity contribution in [2.45, 2.75) is 25.5 Å². The predicted molar refractivity (Wildman–Crippen MR) is 75.0 cm³/mol. The second-order valence-corrected chi connectivity index (χ2v) is 5.03. The Balaban J connectivity index is 1.78. The highest BCUT2D eigenvalue weighted by Gasteiger charge is 2.19. The lowest BCUT2D eigenvalue weighted by molar-refractivity contribution is 0.0690. The van der Waals surface area contributed by atoms with Crippen LogP contribution in [0.4, 0.5) is 4.79 Å². The number of hydrogen-bond donors (Lipinski definition) is 2. The molecule has 2 heterocycles. The highest BCUT2D eigenvalue weighted by atomic mass is 16.5. The number of urea groups is 1. The van der Waals surface area contributed by atoms with Crippen molar-refractivity contribution < 1.29 is 19.4 Å². The lowest BCUT2D eigenvalue weighted by Gasteiger charge is -2.21. The highest BCUT2D eigenvalue weighted by molar-refractivity contribution is 5.85. The van der Waals surface area contributed by atoms with Gasteiger partial charge in [0.1, 0.15) is 5.69 Å². The van der Waals surface area contributed by atoms with Crippen LogP contribution >= 0.6 is 0 Å². The molecule has 1 fully saturated rings. The fourth-order valence-electron chi connectivity index (χ4n) is 2.14. The molecule has 1 aliphatic rings. The first-order valence-corrected chi connectivity index (χ1v) is 6.85. The number of carbonyl (C=O) groups excluding carboxylic acids is 1. The molecule has 1 saturated heterocycles. The average molecular weight is 293 g/mol. The second kappa shape index (κ2) is 7.03. The normalized spacial score (nSPS) is 17.5. The second-order valence-electron chi connectivity index (χ2n) is 5.03. The van der Waals surface area contributed by atoms with Gasteiger partial charge in [-0.05, 0) is 24.5 Å². The molecule has 0 aliphatic carbocycles. The van der Waals surface area contributed by atoms with Crippen molar-refractivity contribution in [2.75, 3.05) is 20.2 Å². The third-order valence-electron chi connectivity index (χ3n) is 3.34. The number of carboxylic acids is 1. The number of carbonyl (C=O) groups is 2. The zero-order valence-corrected chi connectivity index (χ0v) is 11.9. The molecular formula is C14H19N3O4. The Kier molecular flexibility index (Phi) is 5.10. The minimum atomic E-state index is -1.07. The van der Waals surface area contributed by atoms with E-state index in [-0.39, 0.29) is 17.8 Å². The zero-order valence-electron chi connectivity index (χ0n) is 11.9. The quantitative estimate of drug-likeness (QED) is 0.848. The van der Waals surface area contributed by atoms with E-state index in [1.807, 2.05) is 0 Å². The van der Waals surface area contributed by atoms with Crippen molar-refractivity contribution in [2.24, 2.45) is 0 Å². The summed E-state index contributed by atoms with van der Waals surface area (Å²) in [6, 6.07) is 2.87. The van der Waals surface area contributed by atoms with E-state index in [1.54, 1.807) is 18.0 Å². The molecule has 1 aromatic rings. The molecule has 2 rings (SSSR count). The van der Waals surface area contributed by atoms with E-state index in [9.17, 15) is 9.59 Å². The standard InChI is InChI=1S/C14H19N3O4/c1-17(9-11-3-2-6-21-11)14(20)16-8-10-4-5-12(13(18)19)15-7-10/h4-5,7,11H,2-3,6,8-9H2,1H3,(H,16,20)(H,18,19). The Bertz CT molecular complexity index is 497. The summed E-state index contributed by atoms with van der Waals surface area (Å²) in [5, 5.41) is 11.5. The van der Waals surface area contributed by atoms with E-state index in [4.69, 9.17) is 9.84 Å². The molecule has 0 aromatic carbocycles. The van der Waals surface area contributed by atoms with Gasteiger partial charge < -0.3 is 20.1 Å². The molecule has 21 heavy (non-hydrogen) atoms. The fourth-order valence-corrected chi connectivity index (χ4v) is 2.14. The van der Waals surface area contributed by atoms with Crippen LogP contribution in [0, 0.1) is 0 Å². The van der Waals surface area contributed by atoms with Gasteiger partial charge in [-0.15, -0.1) is 0 Å². The number of rotatable bonds is 5. The molecule has 1 atom stereocenters. The summed E-state index contributed by atoms with van der Waals surface area (Å²) in [5.41, 5.74) is 0.736. The van der Waals surface area contributed by atoms with Crippen LogP contribution in [0.2, 0.25) is 0 Å². The summed E-state index contributed by atoms with van der Waals surface area (Å²) in [7, 11) is 1.72. The summed E-state index contributed by atoms with van der Waals surface area (Å²) >= 11 is 0. The summed E-state index contributed by atoms with van der Waals surface area (Å²) in [6.45, 7) is 1.64. The number of aromatic nitrogens is 1. The van der Waals surface area contributed by atoms with Gasteiger partial charge in [-0.1, -0.05) is 6.07 Å². The van der Waals surface area contributed by atoms with Gasteiger partial charge in [0.15, 0.2) is 0 Å². The van der Waals surface area contributed by atoms with Crippen molar-refractivity contribution in [1.29, 1.82) is 0 Å². The van der Waals surface area contributed by atoms with E-state index in [1.165, 1.54) is 12.3 Å². The van der Waals surface area contributed by atoms with Gasteiger partial charge in [-0.3, -0.25) is 0 Å². The largest absolute Gasteiger partial charge is 0.477 e. The Morgan fingerprint density at radius 1 is 1.52 bits per heavy atom. The first-order valence-electron chi connectivity index (χ1n) is 6.85. The molecule has 7 heteroatoms. The smallest absolute Gasteiger partial charge is 0.354 e. The maximum absolute atomic E-state index is 11.9. The van der Waals surface area contributed by atoms with E-state index < -0.39 is 5.97 Å². The molecule has 0 radical (unpaired) electrons. The molecule has 1 aliphatic heterocycles. The third-order valence-corrected chi connectivity index (χ3v) is 3.34. The Hall–Kier alpha value is -2.15. The van der Waals surface area contributed by atoms with Crippen molar-refractivity contribution in [1.82, 2.24) is 15.2 Å². The third kappa shape index (κ3) is 4.42. The monoisotopic (exact) mass is 293 g/mol. The van der Waals surface area contributed by atoms with Crippen LogP contribution in [-0.4, -0.2) is 53.3 Å². The van der Waals surface area contributed by atoms with E-state index in [0.29, 0.717) is 13.1 Å². The van der Waals surface area contributed by atoms with Crippen LogP contribution in [0.25, 0.3) is 0 Å². The number of nitrogens with one attached hydrogen (secondary N) is 1. The molecule has 1 aromatic heterocycles. The number of hydrogen-bond acceptors (Lipinski definition) is 4. The van der Waals surface area contributed by atoms with Crippen molar-refractivity contribution in [3.05, 3.63) is 29.6 Å². The SMILES string of the molecule is CN(CC1CCCO1)C(=O)NCc1ccc(C(=O)O)nc1.